The molecule has 9 nitrogen and oxygen atoms in total. The van der Waals surface area contributed by atoms with Gasteiger partial charge in [-0.25, -0.2) is 22.4 Å². The Hall–Kier alpha value is -2.98. The van der Waals surface area contributed by atoms with Crippen LogP contribution in [0.1, 0.15) is 31.7 Å². The van der Waals surface area contributed by atoms with E-state index < -0.39 is 16.1 Å². The minimum Gasteiger partial charge on any atom is -0.393 e. The number of amides is 1. The molecule has 2 aromatic heterocycles. The molecule has 0 radical (unpaired) electrons. The van der Waals surface area contributed by atoms with E-state index in [1.807, 2.05) is 13.8 Å². The summed E-state index contributed by atoms with van der Waals surface area (Å²) in [5, 5.41) is 9.84. The molecular weight excluding hydrogens is 418 g/mol. The highest BCUT2D eigenvalue weighted by molar-refractivity contribution is 7.90. The van der Waals surface area contributed by atoms with E-state index in [4.69, 9.17) is 0 Å². The highest BCUT2D eigenvalue weighted by Gasteiger charge is 2.36. The summed E-state index contributed by atoms with van der Waals surface area (Å²) < 4.78 is 27.0. The van der Waals surface area contributed by atoms with E-state index in [2.05, 4.69) is 20.8 Å². The van der Waals surface area contributed by atoms with Crippen molar-refractivity contribution in [3.05, 3.63) is 48.3 Å². The number of rotatable bonds is 6. The third-order valence-corrected chi connectivity index (χ3v) is 7.46. The SMILES string of the molecule is CCC1CC(O)CC1C(=O)NNc1cnc2c(ccn2S(=O)(=O)c2ccc(C)cc2)n1. The van der Waals surface area contributed by atoms with Gasteiger partial charge in [0.25, 0.3) is 10.0 Å². The first-order valence-corrected chi connectivity index (χ1v) is 11.6. The van der Waals surface area contributed by atoms with Crippen molar-refractivity contribution in [2.24, 2.45) is 11.8 Å². The molecule has 1 fully saturated rings. The molecule has 1 saturated carbocycles. The van der Waals surface area contributed by atoms with Crippen LogP contribution in [0, 0.1) is 18.8 Å². The molecule has 1 aromatic carbocycles. The van der Waals surface area contributed by atoms with Gasteiger partial charge in [0.15, 0.2) is 11.5 Å². The summed E-state index contributed by atoms with van der Waals surface area (Å²) in [6.45, 7) is 3.89. The fourth-order valence-corrected chi connectivity index (χ4v) is 5.35. The second-order valence-corrected chi connectivity index (χ2v) is 9.72. The van der Waals surface area contributed by atoms with Gasteiger partial charge in [0, 0.05) is 12.1 Å². The van der Waals surface area contributed by atoms with Gasteiger partial charge in [-0.2, -0.15) is 0 Å². The van der Waals surface area contributed by atoms with Crippen molar-refractivity contribution in [3.8, 4) is 0 Å². The molecule has 1 amide bonds. The van der Waals surface area contributed by atoms with Gasteiger partial charge in [-0.15, -0.1) is 0 Å². The van der Waals surface area contributed by atoms with Gasteiger partial charge in [-0.3, -0.25) is 15.6 Å². The minimum atomic E-state index is -3.80. The fourth-order valence-electron chi connectivity index (χ4n) is 4.05. The molecule has 3 unspecified atom stereocenters. The standard InChI is InChI=1S/C21H25N5O4S/c1-3-14-10-15(27)11-17(14)21(28)25-24-19-12-22-20-18(23-19)8-9-26(20)31(29,30)16-6-4-13(2)5-7-16/h4-9,12,14-15,17,27H,3,10-11H2,1-2H3,(H,23,24)(H,25,28). The van der Waals surface area contributed by atoms with Gasteiger partial charge < -0.3 is 5.11 Å². The van der Waals surface area contributed by atoms with Crippen LogP contribution in [0.3, 0.4) is 0 Å². The normalized spacial score (nSPS) is 21.3. The van der Waals surface area contributed by atoms with Crippen molar-refractivity contribution in [3.63, 3.8) is 0 Å². The summed E-state index contributed by atoms with van der Waals surface area (Å²) >= 11 is 0. The number of carbonyl (C=O) groups excluding carboxylic acids is 1. The quantitative estimate of drug-likeness (QED) is 0.499. The Morgan fingerprint density at radius 2 is 1.97 bits per heavy atom. The van der Waals surface area contributed by atoms with Gasteiger partial charge in [-0.05, 0) is 43.9 Å². The molecular formula is C21H25N5O4S. The topological polar surface area (TPSA) is 126 Å². The Balaban J connectivity index is 1.51. The van der Waals surface area contributed by atoms with E-state index in [9.17, 15) is 18.3 Å². The van der Waals surface area contributed by atoms with Crippen LogP contribution in [0.2, 0.25) is 0 Å². The van der Waals surface area contributed by atoms with Crippen LogP contribution >= 0.6 is 0 Å². The number of fused-ring (bicyclic) bond motifs is 1. The Kier molecular flexibility index (Phi) is 5.67. The average molecular weight is 444 g/mol. The monoisotopic (exact) mass is 443 g/mol. The minimum absolute atomic E-state index is 0.145. The van der Waals surface area contributed by atoms with E-state index in [0.29, 0.717) is 18.4 Å². The first-order chi connectivity index (χ1) is 14.8. The van der Waals surface area contributed by atoms with Crippen molar-refractivity contribution in [2.75, 3.05) is 5.43 Å². The van der Waals surface area contributed by atoms with E-state index in [1.54, 1.807) is 30.3 Å². The van der Waals surface area contributed by atoms with E-state index in [1.165, 1.54) is 12.4 Å². The molecule has 31 heavy (non-hydrogen) atoms. The lowest BCUT2D eigenvalue weighted by molar-refractivity contribution is -0.125. The maximum absolute atomic E-state index is 13.0. The van der Waals surface area contributed by atoms with Crippen LogP contribution in [0.5, 0.6) is 0 Å². The fraction of sp³-hybridized carbons (Fsp3) is 0.381. The number of aliphatic hydroxyl groups is 1. The van der Waals surface area contributed by atoms with E-state index in [0.717, 1.165) is 16.0 Å². The molecule has 3 aromatic rings. The average Bonchev–Trinajstić information content (AvgIpc) is 3.35. The first kappa shape index (κ1) is 21.3. The van der Waals surface area contributed by atoms with Crippen LogP contribution in [0.15, 0.2) is 47.6 Å². The molecule has 0 spiro atoms. The molecule has 3 N–H and O–H groups in total. The number of hydrogen-bond donors (Lipinski definition) is 3. The third-order valence-electron chi connectivity index (χ3n) is 5.78. The summed E-state index contributed by atoms with van der Waals surface area (Å²) in [6, 6.07) is 8.14. The molecule has 0 saturated heterocycles. The van der Waals surface area contributed by atoms with E-state index in [-0.39, 0.29) is 34.1 Å². The van der Waals surface area contributed by atoms with Gasteiger partial charge in [-0.1, -0.05) is 31.0 Å². The Labute approximate surface area is 180 Å². The molecule has 3 atom stereocenters. The summed E-state index contributed by atoms with van der Waals surface area (Å²) in [5.41, 5.74) is 6.91. The number of anilines is 1. The summed E-state index contributed by atoms with van der Waals surface area (Å²) in [5.74, 6) is -0.0287. The van der Waals surface area contributed by atoms with Gasteiger partial charge in [0.2, 0.25) is 5.91 Å². The molecule has 164 valence electrons. The van der Waals surface area contributed by atoms with Crippen molar-refractivity contribution in [2.45, 2.75) is 44.1 Å². The molecule has 0 bridgehead atoms. The smallest absolute Gasteiger partial charge is 0.269 e. The molecule has 0 aliphatic heterocycles. The number of hydrazine groups is 1. The summed E-state index contributed by atoms with van der Waals surface area (Å²) in [7, 11) is -3.80. The zero-order valence-electron chi connectivity index (χ0n) is 17.3. The number of aryl methyl sites for hydroxylation is 1. The maximum Gasteiger partial charge on any atom is 0.269 e. The zero-order chi connectivity index (χ0) is 22.2. The molecule has 1 aliphatic carbocycles. The first-order valence-electron chi connectivity index (χ1n) is 10.2. The lowest BCUT2D eigenvalue weighted by atomic mass is 9.93. The number of carbonyl (C=O) groups is 1. The van der Waals surface area contributed by atoms with Crippen molar-refractivity contribution in [1.29, 1.82) is 0 Å². The predicted molar refractivity (Wildman–Crippen MR) is 116 cm³/mol. The summed E-state index contributed by atoms with van der Waals surface area (Å²) in [4.78, 5) is 21.2. The predicted octanol–water partition coefficient (Wildman–Crippen LogP) is 2.22. The number of benzene rings is 1. The summed E-state index contributed by atoms with van der Waals surface area (Å²) in [6.07, 6.45) is 4.22. The lowest BCUT2D eigenvalue weighted by Gasteiger charge is -2.17. The zero-order valence-corrected chi connectivity index (χ0v) is 18.1. The van der Waals surface area contributed by atoms with Crippen molar-refractivity contribution < 1.29 is 18.3 Å². The van der Waals surface area contributed by atoms with E-state index >= 15 is 0 Å². The second-order valence-electron chi connectivity index (χ2n) is 7.91. The maximum atomic E-state index is 13.0. The Morgan fingerprint density at radius 1 is 1.23 bits per heavy atom. The van der Waals surface area contributed by atoms with Crippen molar-refractivity contribution in [1.82, 2.24) is 19.4 Å². The highest BCUT2D eigenvalue weighted by atomic mass is 32.2. The number of hydrogen-bond acceptors (Lipinski definition) is 7. The Bertz CT molecular complexity index is 1210. The van der Waals surface area contributed by atoms with Crippen molar-refractivity contribution >= 4 is 32.9 Å². The van der Waals surface area contributed by atoms with Crippen LogP contribution < -0.4 is 10.9 Å². The van der Waals surface area contributed by atoms with Gasteiger partial charge >= 0.3 is 0 Å². The Morgan fingerprint density at radius 3 is 2.68 bits per heavy atom. The third kappa shape index (κ3) is 4.13. The molecule has 4 rings (SSSR count). The van der Waals surface area contributed by atoms with Crippen LogP contribution in [-0.4, -0.2) is 39.5 Å². The van der Waals surface area contributed by atoms with Gasteiger partial charge in [0.1, 0.15) is 5.52 Å². The molecule has 1 aliphatic rings. The number of aromatic nitrogens is 3. The number of aliphatic hydroxyl groups excluding tert-OH is 1. The number of nitrogens with one attached hydrogen (secondary N) is 2. The molecule has 2 heterocycles. The number of nitrogens with zero attached hydrogens (tertiary/aromatic N) is 3. The molecule has 10 heteroatoms. The van der Waals surface area contributed by atoms with Crippen LogP contribution in [-0.2, 0) is 14.8 Å². The van der Waals surface area contributed by atoms with Gasteiger partial charge in [0.05, 0.1) is 17.2 Å². The second kappa shape index (κ2) is 8.27. The highest BCUT2D eigenvalue weighted by Crippen LogP contribution is 2.34. The lowest BCUT2D eigenvalue weighted by Crippen LogP contribution is -2.36. The largest absolute Gasteiger partial charge is 0.393 e. The van der Waals surface area contributed by atoms with Crippen LogP contribution in [0.4, 0.5) is 5.82 Å². The van der Waals surface area contributed by atoms with Crippen LogP contribution in [0.25, 0.3) is 11.2 Å².